The van der Waals surface area contributed by atoms with Gasteiger partial charge in [0.1, 0.15) is 0 Å². The minimum absolute atomic E-state index is 0. The number of morpholine rings is 1. The summed E-state index contributed by atoms with van der Waals surface area (Å²) in [5, 5.41) is 7.53. The van der Waals surface area contributed by atoms with Crippen LogP contribution in [0.3, 0.4) is 0 Å². The van der Waals surface area contributed by atoms with Gasteiger partial charge in [-0.05, 0) is 38.5 Å². The fraction of sp³-hybridized carbons (Fsp3) is 0.611. The molecule has 0 bridgehead atoms. The van der Waals surface area contributed by atoms with Gasteiger partial charge in [0.15, 0.2) is 5.96 Å². The number of ether oxygens (including phenoxy) is 1. The van der Waals surface area contributed by atoms with Crippen LogP contribution in [0.2, 0.25) is 5.02 Å². The Kier molecular flexibility index (Phi) is 10.1. The second-order valence-corrected chi connectivity index (χ2v) is 7.02. The molecule has 0 saturated carbocycles. The lowest BCUT2D eigenvalue weighted by molar-refractivity contribution is -0.00834. The first kappa shape index (κ1) is 22.5. The van der Waals surface area contributed by atoms with E-state index in [4.69, 9.17) is 16.3 Å². The Labute approximate surface area is 173 Å². The summed E-state index contributed by atoms with van der Waals surface area (Å²) in [5.41, 5.74) is 1.20. The van der Waals surface area contributed by atoms with Crippen LogP contribution in [0.15, 0.2) is 29.3 Å². The Morgan fingerprint density at radius 3 is 2.44 bits per heavy atom. The van der Waals surface area contributed by atoms with Crippen LogP contribution in [-0.2, 0) is 11.3 Å². The minimum atomic E-state index is 0. The number of hydrogen-bond acceptors (Lipinski definition) is 3. The van der Waals surface area contributed by atoms with Gasteiger partial charge in [-0.2, -0.15) is 0 Å². The Morgan fingerprint density at radius 2 is 1.84 bits per heavy atom. The smallest absolute Gasteiger partial charge is 0.191 e. The Bertz CT molecular complexity index is 530. The summed E-state index contributed by atoms with van der Waals surface area (Å²) < 4.78 is 5.45. The van der Waals surface area contributed by atoms with Gasteiger partial charge in [-0.15, -0.1) is 24.0 Å². The monoisotopic (exact) mass is 480 g/mol. The number of hydrogen-bond donors (Lipinski definition) is 2. The highest BCUT2D eigenvalue weighted by molar-refractivity contribution is 14.0. The van der Waals surface area contributed by atoms with Crippen molar-refractivity contribution in [3.05, 3.63) is 34.9 Å². The van der Waals surface area contributed by atoms with Crippen LogP contribution in [0, 0.1) is 0 Å². The van der Waals surface area contributed by atoms with E-state index >= 15 is 0 Å². The number of rotatable bonds is 6. The Balaban J connectivity index is 0.00000312. The molecule has 0 aromatic heterocycles. The van der Waals surface area contributed by atoms with Crippen molar-refractivity contribution in [2.24, 2.45) is 4.99 Å². The summed E-state index contributed by atoms with van der Waals surface area (Å²) in [5.74, 6) is 0.841. The zero-order valence-electron chi connectivity index (χ0n) is 15.3. The van der Waals surface area contributed by atoms with Gasteiger partial charge in [-0.3, -0.25) is 4.90 Å². The molecule has 2 N–H and O–H groups in total. The molecular formula is C18H30ClIN4O. The van der Waals surface area contributed by atoms with E-state index in [0.717, 1.165) is 55.9 Å². The number of benzene rings is 1. The van der Waals surface area contributed by atoms with Crippen molar-refractivity contribution in [2.45, 2.75) is 32.9 Å². The molecule has 0 amide bonds. The van der Waals surface area contributed by atoms with Gasteiger partial charge in [0.05, 0.1) is 19.8 Å². The summed E-state index contributed by atoms with van der Waals surface area (Å²) in [6, 6.07) is 7.81. The largest absolute Gasteiger partial charge is 0.379 e. The predicted molar refractivity (Wildman–Crippen MR) is 116 cm³/mol. The van der Waals surface area contributed by atoms with Gasteiger partial charge in [0.2, 0.25) is 0 Å². The van der Waals surface area contributed by atoms with Crippen molar-refractivity contribution in [3.8, 4) is 0 Å². The van der Waals surface area contributed by atoms with Crippen LogP contribution in [0.5, 0.6) is 0 Å². The molecule has 1 aromatic carbocycles. The first-order chi connectivity index (χ1) is 11.5. The zero-order chi connectivity index (χ0) is 17.4. The molecule has 1 saturated heterocycles. The van der Waals surface area contributed by atoms with Crippen molar-refractivity contribution in [1.29, 1.82) is 0 Å². The van der Waals surface area contributed by atoms with E-state index in [1.807, 2.05) is 24.3 Å². The summed E-state index contributed by atoms with van der Waals surface area (Å²) in [4.78, 5) is 7.13. The summed E-state index contributed by atoms with van der Waals surface area (Å²) >= 11 is 5.92. The molecule has 2 rings (SSSR count). The first-order valence-electron chi connectivity index (χ1n) is 8.60. The van der Waals surface area contributed by atoms with E-state index in [1.54, 1.807) is 0 Å². The molecular weight excluding hydrogens is 451 g/mol. The second kappa shape index (κ2) is 11.2. The van der Waals surface area contributed by atoms with Crippen molar-refractivity contribution in [2.75, 3.05) is 39.4 Å². The van der Waals surface area contributed by atoms with Crippen molar-refractivity contribution in [3.63, 3.8) is 0 Å². The zero-order valence-corrected chi connectivity index (χ0v) is 18.4. The molecule has 142 valence electrons. The lowest BCUT2D eigenvalue weighted by atomic mass is 10.0. The van der Waals surface area contributed by atoms with E-state index < -0.39 is 0 Å². The summed E-state index contributed by atoms with van der Waals surface area (Å²) in [7, 11) is 0. The third-order valence-corrected chi connectivity index (χ3v) is 4.48. The minimum Gasteiger partial charge on any atom is -0.379 e. The van der Waals surface area contributed by atoms with Crippen LogP contribution in [0.4, 0.5) is 0 Å². The Hall–Kier alpha value is -0.570. The normalized spacial score (nSPS) is 16.2. The van der Waals surface area contributed by atoms with Gasteiger partial charge in [-0.25, -0.2) is 4.99 Å². The summed E-state index contributed by atoms with van der Waals surface area (Å²) in [6.45, 7) is 12.5. The van der Waals surface area contributed by atoms with Gasteiger partial charge < -0.3 is 15.4 Å². The standard InChI is InChI=1S/C18H29ClN4O.HI/c1-4-20-17(21-13-15-5-7-16(19)8-6-15)22-14-18(2,3)23-9-11-24-12-10-23;/h5-8H,4,9-14H2,1-3H3,(H2,20,21,22);1H. The molecule has 5 nitrogen and oxygen atoms in total. The average Bonchev–Trinajstić information content (AvgIpc) is 2.59. The molecule has 1 aliphatic heterocycles. The third kappa shape index (κ3) is 7.68. The van der Waals surface area contributed by atoms with E-state index in [2.05, 4.69) is 41.3 Å². The van der Waals surface area contributed by atoms with Crippen LogP contribution in [0.1, 0.15) is 26.3 Å². The maximum atomic E-state index is 5.92. The molecule has 1 aromatic rings. The molecule has 0 spiro atoms. The highest BCUT2D eigenvalue weighted by Crippen LogP contribution is 2.15. The quantitative estimate of drug-likeness (QED) is 0.373. The van der Waals surface area contributed by atoms with E-state index in [1.165, 1.54) is 0 Å². The number of guanidine groups is 1. The average molecular weight is 481 g/mol. The fourth-order valence-electron chi connectivity index (χ4n) is 2.68. The lowest BCUT2D eigenvalue weighted by Gasteiger charge is -2.41. The van der Waals surface area contributed by atoms with Gasteiger partial charge >= 0.3 is 0 Å². The molecule has 0 aliphatic carbocycles. The summed E-state index contributed by atoms with van der Waals surface area (Å²) in [6.07, 6.45) is 0. The van der Waals surface area contributed by atoms with Crippen LogP contribution < -0.4 is 10.6 Å². The Morgan fingerprint density at radius 1 is 1.20 bits per heavy atom. The van der Waals surface area contributed by atoms with Gasteiger partial charge in [0, 0.05) is 36.7 Å². The number of halogens is 2. The molecule has 0 atom stereocenters. The van der Waals surface area contributed by atoms with Crippen LogP contribution >= 0.6 is 35.6 Å². The van der Waals surface area contributed by atoms with Crippen molar-refractivity contribution < 1.29 is 4.74 Å². The van der Waals surface area contributed by atoms with Crippen molar-refractivity contribution >= 4 is 41.5 Å². The molecule has 1 aliphatic rings. The van der Waals surface area contributed by atoms with Crippen molar-refractivity contribution in [1.82, 2.24) is 15.5 Å². The fourth-order valence-corrected chi connectivity index (χ4v) is 2.81. The van der Waals surface area contributed by atoms with Crippen LogP contribution in [-0.4, -0.2) is 55.8 Å². The maximum Gasteiger partial charge on any atom is 0.191 e. The van der Waals surface area contributed by atoms with Crippen LogP contribution in [0.25, 0.3) is 0 Å². The highest BCUT2D eigenvalue weighted by Gasteiger charge is 2.28. The maximum absolute atomic E-state index is 5.92. The first-order valence-corrected chi connectivity index (χ1v) is 8.98. The molecule has 7 heteroatoms. The molecule has 0 radical (unpaired) electrons. The number of aliphatic imine (C=N–C) groups is 1. The lowest BCUT2D eigenvalue weighted by Crippen LogP contribution is -2.56. The van der Waals surface area contributed by atoms with E-state index in [0.29, 0.717) is 6.54 Å². The molecule has 1 heterocycles. The van der Waals surface area contributed by atoms with E-state index in [9.17, 15) is 0 Å². The van der Waals surface area contributed by atoms with E-state index in [-0.39, 0.29) is 29.5 Å². The number of nitrogens with one attached hydrogen (secondary N) is 2. The SMILES string of the molecule is CCNC(=NCc1ccc(Cl)cc1)NCC(C)(C)N1CCOCC1.I. The third-order valence-electron chi connectivity index (χ3n) is 4.23. The predicted octanol–water partition coefficient (Wildman–Crippen LogP) is 3.12. The highest BCUT2D eigenvalue weighted by atomic mass is 127. The number of nitrogens with zero attached hydrogens (tertiary/aromatic N) is 2. The van der Waals surface area contributed by atoms with Gasteiger partial charge in [0.25, 0.3) is 0 Å². The molecule has 1 fully saturated rings. The molecule has 25 heavy (non-hydrogen) atoms. The topological polar surface area (TPSA) is 48.9 Å². The second-order valence-electron chi connectivity index (χ2n) is 6.59. The van der Waals surface area contributed by atoms with Gasteiger partial charge in [-0.1, -0.05) is 23.7 Å². The molecule has 0 unspecified atom stereocenters.